The van der Waals surface area contributed by atoms with E-state index in [2.05, 4.69) is 0 Å². The first-order valence-corrected chi connectivity index (χ1v) is 4.58. The maximum absolute atomic E-state index is 10.5. The lowest BCUT2D eigenvalue weighted by Crippen LogP contribution is -2.17. The van der Waals surface area contributed by atoms with Gasteiger partial charge in [-0.1, -0.05) is 11.6 Å². The smallest absolute Gasteiger partial charge is 0.309 e. The highest BCUT2D eigenvalue weighted by Crippen LogP contribution is 2.16. The number of ether oxygens (including phenoxy) is 1. The molecule has 76 valence electrons. The van der Waals surface area contributed by atoms with Crippen molar-refractivity contribution in [3.63, 3.8) is 0 Å². The summed E-state index contributed by atoms with van der Waals surface area (Å²) in [5.41, 5.74) is 0. The summed E-state index contributed by atoms with van der Waals surface area (Å²) < 4.78 is 5.24. The van der Waals surface area contributed by atoms with Crippen molar-refractivity contribution in [1.29, 1.82) is 0 Å². The molecule has 0 fully saturated rings. The van der Waals surface area contributed by atoms with Gasteiger partial charge in [0.15, 0.2) is 0 Å². The van der Waals surface area contributed by atoms with Crippen molar-refractivity contribution < 1.29 is 14.6 Å². The second-order valence-electron chi connectivity index (χ2n) is 3.00. The average molecular weight is 215 g/mol. The van der Waals surface area contributed by atoms with Crippen LogP contribution in [0.5, 0.6) is 5.75 Å². The molecule has 1 rings (SSSR count). The van der Waals surface area contributed by atoms with Crippen LogP contribution in [0.3, 0.4) is 0 Å². The molecule has 0 amide bonds. The highest BCUT2D eigenvalue weighted by molar-refractivity contribution is 6.30. The highest BCUT2D eigenvalue weighted by Gasteiger charge is 2.11. The number of carboxylic acids is 1. The summed E-state index contributed by atoms with van der Waals surface area (Å²) in [6.07, 6.45) is 0. The van der Waals surface area contributed by atoms with Crippen LogP contribution < -0.4 is 4.74 Å². The lowest BCUT2D eigenvalue weighted by molar-refractivity contribution is -0.142. The first-order chi connectivity index (χ1) is 6.59. The predicted octanol–water partition coefficient (Wildman–Crippen LogP) is 2.44. The van der Waals surface area contributed by atoms with Crippen LogP contribution in [0.2, 0.25) is 5.02 Å². The Morgan fingerprint density at radius 2 is 2.07 bits per heavy atom. The van der Waals surface area contributed by atoms with E-state index in [0.29, 0.717) is 10.8 Å². The summed E-state index contributed by atoms with van der Waals surface area (Å²) in [7, 11) is 0. The van der Waals surface area contributed by atoms with Crippen molar-refractivity contribution in [2.24, 2.45) is 5.92 Å². The van der Waals surface area contributed by atoms with Gasteiger partial charge in [-0.15, -0.1) is 0 Å². The zero-order valence-electron chi connectivity index (χ0n) is 7.74. The second kappa shape index (κ2) is 4.86. The fraction of sp³-hybridized carbons (Fsp3) is 0.300. The van der Waals surface area contributed by atoms with Crippen LogP contribution in [0, 0.1) is 5.92 Å². The molecule has 0 heterocycles. The molecular weight excluding hydrogens is 204 g/mol. The number of carboxylic acid groups (broad SMARTS) is 1. The monoisotopic (exact) mass is 214 g/mol. The van der Waals surface area contributed by atoms with Crippen LogP contribution in [-0.4, -0.2) is 17.7 Å². The Morgan fingerprint density at radius 1 is 1.50 bits per heavy atom. The Labute approximate surface area is 87.3 Å². The molecular formula is C10H11ClO3. The van der Waals surface area contributed by atoms with Crippen LogP contribution in [0.25, 0.3) is 0 Å². The summed E-state index contributed by atoms with van der Waals surface area (Å²) in [4.78, 5) is 10.5. The summed E-state index contributed by atoms with van der Waals surface area (Å²) in [6.45, 7) is 1.76. The van der Waals surface area contributed by atoms with Crippen LogP contribution >= 0.6 is 11.6 Å². The summed E-state index contributed by atoms with van der Waals surface area (Å²) in [5, 5.41) is 9.23. The van der Waals surface area contributed by atoms with E-state index in [9.17, 15) is 4.79 Å². The van der Waals surface area contributed by atoms with Crippen molar-refractivity contribution in [1.82, 2.24) is 0 Å². The minimum Gasteiger partial charge on any atom is -0.493 e. The van der Waals surface area contributed by atoms with Gasteiger partial charge in [0.1, 0.15) is 12.4 Å². The number of hydrogen-bond donors (Lipinski definition) is 1. The van der Waals surface area contributed by atoms with Crippen LogP contribution in [0.15, 0.2) is 24.3 Å². The molecule has 0 unspecified atom stereocenters. The molecule has 0 spiro atoms. The SMILES string of the molecule is C[C@H](COc1ccc(Cl)cc1)C(=O)O. The zero-order chi connectivity index (χ0) is 10.6. The molecule has 0 saturated heterocycles. The molecule has 1 atom stereocenters. The van der Waals surface area contributed by atoms with Gasteiger partial charge in [0.05, 0.1) is 5.92 Å². The van der Waals surface area contributed by atoms with Gasteiger partial charge in [0, 0.05) is 5.02 Å². The third-order valence-electron chi connectivity index (χ3n) is 1.74. The maximum Gasteiger partial charge on any atom is 0.309 e. The largest absolute Gasteiger partial charge is 0.493 e. The first kappa shape index (κ1) is 10.9. The van der Waals surface area contributed by atoms with Crippen molar-refractivity contribution >= 4 is 17.6 Å². The van der Waals surface area contributed by atoms with E-state index in [-0.39, 0.29) is 6.61 Å². The highest BCUT2D eigenvalue weighted by atomic mass is 35.5. The molecule has 1 aromatic carbocycles. The van der Waals surface area contributed by atoms with Gasteiger partial charge < -0.3 is 9.84 Å². The average Bonchev–Trinajstić information content (AvgIpc) is 2.16. The van der Waals surface area contributed by atoms with Gasteiger partial charge in [-0.3, -0.25) is 4.79 Å². The molecule has 0 aliphatic carbocycles. The lowest BCUT2D eigenvalue weighted by atomic mass is 10.2. The van der Waals surface area contributed by atoms with Gasteiger partial charge in [0.2, 0.25) is 0 Å². The number of hydrogen-bond acceptors (Lipinski definition) is 2. The summed E-state index contributed by atoms with van der Waals surface area (Å²) in [5.74, 6) is -0.743. The number of rotatable bonds is 4. The molecule has 0 aliphatic heterocycles. The molecule has 0 bridgehead atoms. The fourth-order valence-corrected chi connectivity index (χ4v) is 0.949. The van der Waals surface area contributed by atoms with Crippen molar-refractivity contribution in [2.45, 2.75) is 6.92 Å². The van der Waals surface area contributed by atoms with E-state index in [0.717, 1.165) is 0 Å². The molecule has 0 saturated carbocycles. The molecule has 0 aliphatic rings. The molecule has 0 aromatic heterocycles. The molecule has 0 radical (unpaired) electrons. The van der Waals surface area contributed by atoms with Gasteiger partial charge in [0.25, 0.3) is 0 Å². The number of aliphatic carboxylic acids is 1. The molecule has 14 heavy (non-hydrogen) atoms. The Kier molecular flexibility index (Phi) is 3.77. The van der Waals surface area contributed by atoms with Gasteiger partial charge >= 0.3 is 5.97 Å². The van der Waals surface area contributed by atoms with Gasteiger partial charge in [-0.05, 0) is 31.2 Å². The Balaban J connectivity index is 2.46. The quantitative estimate of drug-likeness (QED) is 0.838. The zero-order valence-corrected chi connectivity index (χ0v) is 8.49. The molecule has 1 aromatic rings. The second-order valence-corrected chi connectivity index (χ2v) is 3.44. The third kappa shape index (κ3) is 3.26. The van der Waals surface area contributed by atoms with E-state index in [1.165, 1.54) is 0 Å². The Morgan fingerprint density at radius 3 is 2.57 bits per heavy atom. The number of halogens is 1. The van der Waals surface area contributed by atoms with E-state index in [4.69, 9.17) is 21.4 Å². The first-order valence-electron chi connectivity index (χ1n) is 4.21. The lowest BCUT2D eigenvalue weighted by Gasteiger charge is -2.08. The Hall–Kier alpha value is -1.22. The van der Waals surface area contributed by atoms with Crippen LogP contribution in [0.1, 0.15) is 6.92 Å². The van der Waals surface area contributed by atoms with E-state index < -0.39 is 11.9 Å². The Bertz CT molecular complexity index is 308. The normalized spacial score (nSPS) is 12.1. The minimum absolute atomic E-state index is 0.164. The van der Waals surface area contributed by atoms with Gasteiger partial charge in [-0.25, -0.2) is 0 Å². The topological polar surface area (TPSA) is 46.5 Å². The standard InChI is InChI=1S/C10H11ClO3/c1-7(10(12)13)6-14-9-4-2-8(11)3-5-9/h2-5,7H,6H2,1H3,(H,12,13)/t7-/m1/s1. The van der Waals surface area contributed by atoms with Crippen molar-refractivity contribution in [2.75, 3.05) is 6.61 Å². The molecule has 4 heteroatoms. The van der Waals surface area contributed by atoms with E-state index in [1.54, 1.807) is 31.2 Å². The van der Waals surface area contributed by atoms with Crippen LogP contribution in [-0.2, 0) is 4.79 Å². The number of carbonyl (C=O) groups is 1. The predicted molar refractivity (Wildman–Crippen MR) is 53.7 cm³/mol. The minimum atomic E-state index is -0.862. The summed E-state index contributed by atoms with van der Waals surface area (Å²) >= 11 is 5.68. The maximum atomic E-state index is 10.5. The molecule has 3 nitrogen and oxygen atoms in total. The van der Waals surface area contributed by atoms with Crippen LogP contribution in [0.4, 0.5) is 0 Å². The molecule has 1 N–H and O–H groups in total. The van der Waals surface area contributed by atoms with E-state index in [1.807, 2.05) is 0 Å². The summed E-state index contributed by atoms with van der Waals surface area (Å²) in [6, 6.07) is 6.80. The number of benzene rings is 1. The third-order valence-corrected chi connectivity index (χ3v) is 1.99. The fourth-order valence-electron chi connectivity index (χ4n) is 0.823. The van der Waals surface area contributed by atoms with Gasteiger partial charge in [-0.2, -0.15) is 0 Å². The van der Waals surface area contributed by atoms with Crippen molar-refractivity contribution in [3.05, 3.63) is 29.3 Å². The van der Waals surface area contributed by atoms with E-state index >= 15 is 0 Å². The van der Waals surface area contributed by atoms with Crippen molar-refractivity contribution in [3.8, 4) is 5.75 Å².